The molecular formula is C16H15N3O2. The van der Waals surface area contributed by atoms with Gasteiger partial charge in [0, 0.05) is 18.0 Å². The van der Waals surface area contributed by atoms with Crippen molar-refractivity contribution in [1.29, 1.82) is 5.26 Å². The zero-order valence-electron chi connectivity index (χ0n) is 11.5. The van der Waals surface area contributed by atoms with Crippen molar-refractivity contribution in [3.63, 3.8) is 0 Å². The number of carboxylic acids is 1. The Morgan fingerprint density at radius 1 is 1.43 bits per heavy atom. The maximum Gasteiger partial charge on any atom is 0.336 e. The summed E-state index contributed by atoms with van der Waals surface area (Å²) < 4.78 is 0. The third kappa shape index (κ3) is 2.65. The minimum atomic E-state index is -0.953. The van der Waals surface area contributed by atoms with Gasteiger partial charge in [0.15, 0.2) is 0 Å². The van der Waals surface area contributed by atoms with E-state index in [4.69, 9.17) is 5.26 Å². The highest BCUT2D eigenvalue weighted by molar-refractivity contribution is 6.03. The van der Waals surface area contributed by atoms with Gasteiger partial charge in [-0.3, -0.25) is 0 Å². The number of hydrogen-bond donors (Lipinski definition) is 1. The smallest absolute Gasteiger partial charge is 0.336 e. The lowest BCUT2D eigenvalue weighted by molar-refractivity contribution is 0.0699. The molecule has 0 unspecified atom stereocenters. The zero-order chi connectivity index (χ0) is 14.8. The summed E-state index contributed by atoms with van der Waals surface area (Å²) in [5, 5.41) is 18.9. The third-order valence-corrected chi connectivity index (χ3v) is 3.68. The van der Waals surface area contributed by atoms with Crippen molar-refractivity contribution in [2.75, 3.05) is 11.4 Å². The minimum absolute atomic E-state index is 0.262. The van der Waals surface area contributed by atoms with E-state index in [2.05, 4.69) is 16.0 Å². The van der Waals surface area contributed by atoms with Crippen molar-refractivity contribution in [2.45, 2.75) is 25.3 Å². The van der Waals surface area contributed by atoms with Crippen LogP contribution < -0.4 is 4.90 Å². The van der Waals surface area contributed by atoms with Gasteiger partial charge in [-0.2, -0.15) is 5.26 Å². The van der Waals surface area contributed by atoms with Crippen molar-refractivity contribution in [3.05, 3.63) is 35.9 Å². The molecule has 0 amide bonds. The molecule has 1 aromatic heterocycles. The Bertz CT molecular complexity index is 732. The second-order valence-corrected chi connectivity index (χ2v) is 5.18. The molecule has 1 aromatic carbocycles. The number of pyridine rings is 1. The predicted octanol–water partition coefficient (Wildman–Crippen LogP) is 2.82. The van der Waals surface area contributed by atoms with Crippen LogP contribution in [0.1, 0.15) is 29.6 Å². The normalized spacial score (nSPS) is 13.9. The molecule has 1 fully saturated rings. The predicted molar refractivity (Wildman–Crippen MR) is 79.3 cm³/mol. The number of benzene rings is 1. The summed E-state index contributed by atoms with van der Waals surface area (Å²) >= 11 is 0. The van der Waals surface area contributed by atoms with Crippen molar-refractivity contribution in [3.8, 4) is 6.07 Å². The van der Waals surface area contributed by atoms with Crippen molar-refractivity contribution in [2.24, 2.45) is 0 Å². The molecular weight excluding hydrogens is 266 g/mol. The molecule has 0 bridgehead atoms. The van der Waals surface area contributed by atoms with Crippen LogP contribution in [0.5, 0.6) is 0 Å². The van der Waals surface area contributed by atoms with E-state index < -0.39 is 5.97 Å². The van der Waals surface area contributed by atoms with E-state index >= 15 is 0 Å². The molecule has 0 spiro atoms. The van der Waals surface area contributed by atoms with Crippen LogP contribution in [0.15, 0.2) is 30.3 Å². The van der Waals surface area contributed by atoms with Crippen molar-refractivity contribution >= 4 is 22.7 Å². The van der Waals surface area contributed by atoms with Crippen LogP contribution in [0, 0.1) is 11.3 Å². The van der Waals surface area contributed by atoms with Gasteiger partial charge in [-0.05, 0) is 25.0 Å². The van der Waals surface area contributed by atoms with Crippen LogP contribution in [0.25, 0.3) is 10.9 Å². The van der Waals surface area contributed by atoms with Gasteiger partial charge in [-0.25, -0.2) is 9.78 Å². The van der Waals surface area contributed by atoms with Gasteiger partial charge in [0.2, 0.25) is 0 Å². The summed E-state index contributed by atoms with van der Waals surface area (Å²) in [6.45, 7) is 0.589. The van der Waals surface area contributed by atoms with Gasteiger partial charge in [0.25, 0.3) is 0 Å². The first-order valence-electron chi connectivity index (χ1n) is 6.97. The van der Waals surface area contributed by atoms with Gasteiger partial charge in [-0.1, -0.05) is 18.2 Å². The largest absolute Gasteiger partial charge is 0.478 e. The number of nitriles is 1. The Morgan fingerprint density at radius 2 is 2.19 bits per heavy atom. The Morgan fingerprint density at radius 3 is 2.86 bits per heavy atom. The SMILES string of the molecule is N#CCCN(c1cc(C(=O)O)c2ccccc2n1)C1CC1. The van der Waals surface area contributed by atoms with Crippen LogP contribution in [0.4, 0.5) is 5.82 Å². The van der Waals surface area contributed by atoms with E-state index in [0.29, 0.717) is 35.7 Å². The highest BCUT2D eigenvalue weighted by atomic mass is 16.4. The molecule has 2 aromatic rings. The number of para-hydroxylation sites is 1. The maximum absolute atomic E-state index is 11.5. The molecule has 106 valence electrons. The molecule has 1 heterocycles. The van der Waals surface area contributed by atoms with E-state index in [0.717, 1.165) is 12.8 Å². The number of aromatic carboxylic acids is 1. The summed E-state index contributed by atoms with van der Waals surface area (Å²) in [6.07, 6.45) is 2.55. The summed E-state index contributed by atoms with van der Waals surface area (Å²) in [4.78, 5) is 18.1. The van der Waals surface area contributed by atoms with Crippen LogP contribution in [-0.4, -0.2) is 28.6 Å². The highest BCUT2D eigenvalue weighted by Crippen LogP contribution is 2.32. The number of carbonyl (C=O) groups is 1. The Kier molecular flexibility index (Phi) is 3.44. The van der Waals surface area contributed by atoms with E-state index in [1.165, 1.54) is 0 Å². The molecule has 0 atom stereocenters. The van der Waals surface area contributed by atoms with Crippen molar-refractivity contribution in [1.82, 2.24) is 4.98 Å². The molecule has 5 heteroatoms. The fourth-order valence-corrected chi connectivity index (χ4v) is 2.53. The zero-order valence-corrected chi connectivity index (χ0v) is 11.5. The number of aromatic nitrogens is 1. The Labute approximate surface area is 122 Å². The number of anilines is 1. The number of carboxylic acid groups (broad SMARTS) is 1. The fraction of sp³-hybridized carbons (Fsp3) is 0.312. The molecule has 21 heavy (non-hydrogen) atoms. The average Bonchev–Trinajstić information content (AvgIpc) is 3.31. The first-order chi connectivity index (χ1) is 10.2. The molecule has 0 aliphatic heterocycles. The topological polar surface area (TPSA) is 77.2 Å². The average molecular weight is 281 g/mol. The molecule has 1 aliphatic carbocycles. The van der Waals surface area contributed by atoms with Gasteiger partial charge in [0.05, 0.1) is 23.6 Å². The van der Waals surface area contributed by atoms with E-state index in [1.54, 1.807) is 12.1 Å². The second-order valence-electron chi connectivity index (χ2n) is 5.18. The number of nitrogens with zero attached hydrogens (tertiary/aromatic N) is 3. The third-order valence-electron chi connectivity index (χ3n) is 3.68. The summed E-state index contributed by atoms with van der Waals surface area (Å²) in [5.74, 6) is -0.297. The summed E-state index contributed by atoms with van der Waals surface area (Å²) in [6, 6.07) is 11.4. The number of fused-ring (bicyclic) bond motifs is 1. The van der Waals surface area contributed by atoms with Gasteiger partial charge in [0.1, 0.15) is 5.82 Å². The van der Waals surface area contributed by atoms with Gasteiger partial charge >= 0.3 is 5.97 Å². The first-order valence-corrected chi connectivity index (χ1v) is 6.97. The molecule has 1 saturated carbocycles. The van der Waals surface area contributed by atoms with Gasteiger partial charge < -0.3 is 10.0 Å². The molecule has 1 N–H and O–H groups in total. The number of hydrogen-bond acceptors (Lipinski definition) is 4. The van der Waals surface area contributed by atoms with E-state index in [-0.39, 0.29) is 5.56 Å². The number of rotatable bonds is 5. The molecule has 0 saturated heterocycles. The minimum Gasteiger partial charge on any atom is -0.478 e. The highest BCUT2D eigenvalue weighted by Gasteiger charge is 2.30. The molecule has 1 aliphatic rings. The summed E-state index contributed by atoms with van der Waals surface area (Å²) in [5.41, 5.74) is 0.938. The fourth-order valence-electron chi connectivity index (χ4n) is 2.53. The van der Waals surface area contributed by atoms with Crippen molar-refractivity contribution < 1.29 is 9.90 Å². The Hall–Kier alpha value is -2.61. The van der Waals surface area contributed by atoms with E-state index in [1.807, 2.05) is 18.2 Å². The maximum atomic E-state index is 11.5. The second kappa shape index (κ2) is 5.41. The van der Waals surface area contributed by atoms with E-state index in [9.17, 15) is 9.90 Å². The lowest BCUT2D eigenvalue weighted by atomic mass is 10.1. The first kappa shape index (κ1) is 13.4. The van der Waals surface area contributed by atoms with Gasteiger partial charge in [-0.15, -0.1) is 0 Å². The van der Waals surface area contributed by atoms with Crippen LogP contribution in [0.3, 0.4) is 0 Å². The Balaban J connectivity index is 2.09. The van der Waals surface area contributed by atoms with Crippen LogP contribution >= 0.6 is 0 Å². The molecule has 3 rings (SSSR count). The monoisotopic (exact) mass is 281 g/mol. The van der Waals surface area contributed by atoms with Crippen LogP contribution in [-0.2, 0) is 0 Å². The standard InChI is InChI=1S/C16H15N3O2/c17-8-3-9-19(11-6-7-11)15-10-13(16(20)21)12-4-1-2-5-14(12)18-15/h1-2,4-5,10-11H,3,6-7,9H2,(H,20,21). The summed E-state index contributed by atoms with van der Waals surface area (Å²) in [7, 11) is 0. The quantitative estimate of drug-likeness (QED) is 0.911. The molecule has 5 nitrogen and oxygen atoms in total. The van der Waals surface area contributed by atoms with Crippen LogP contribution in [0.2, 0.25) is 0 Å². The molecule has 0 radical (unpaired) electrons. The lowest BCUT2D eigenvalue weighted by Gasteiger charge is -2.23. The lowest BCUT2D eigenvalue weighted by Crippen LogP contribution is -2.27.